The van der Waals surface area contributed by atoms with E-state index in [1.807, 2.05) is 42.5 Å². The quantitative estimate of drug-likeness (QED) is 0.503. The Morgan fingerprint density at radius 3 is 2.35 bits per heavy atom. The Labute approximate surface area is 136 Å². The summed E-state index contributed by atoms with van der Waals surface area (Å²) in [6.45, 7) is 0. The third-order valence-electron chi connectivity index (χ3n) is 4.21. The highest BCUT2D eigenvalue weighted by Gasteiger charge is 2.18. The first-order valence-electron chi connectivity index (χ1n) is 7.92. The van der Waals surface area contributed by atoms with Crippen LogP contribution >= 0.6 is 0 Å². The van der Waals surface area contributed by atoms with Crippen LogP contribution in [0.15, 0.2) is 47.6 Å². The largest absolute Gasteiger partial charge is 0.493 e. The molecule has 0 aliphatic heterocycles. The molecule has 0 radical (unpaired) electrons. The number of ether oxygens (including phenoxy) is 2. The molecule has 0 saturated heterocycles. The normalized spacial score (nSPS) is 15.2. The first-order chi connectivity index (χ1) is 11.3. The van der Waals surface area contributed by atoms with Crippen molar-refractivity contribution in [2.45, 2.75) is 31.8 Å². The number of rotatable bonds is 5. The van der Waals surface area contributed by atoms with Gasteiger partial charge in [-0.05, 0) is 54.5 Å². The van der Waals surface area contributed by atoms with E-state index in [1.54, 1.807) is 7.11 Å². The van der Waals surface area contributed by atoms with E-state index in [4.69, 9.17) is 14.7 Å². The Balaban J connectivity index is 1.86. The molecule has 1 saturated carbocycles. The first kappa shape index (κ1) is 15.4. The fourth-order valence-corrected chi connectivity index (χ4v) is 2.96. The Hall–Kier alpha value is -2.49. The Morgan fingerprint density at radius 1 is 1.00 bits per heavy atom. The standard InChI is InChI=1S/C19H21NO3/c1-22-18-11-10-16(12-19(18)23-17-4-2-3-5-17)15-8-6-14(7-9-15)13-20-21/h6-13,17,21H,2-5H2,1H3/b20-13-. The lowest BCUT2D eigenvalue weighted by Gasteiger charge is -2.17. The monoisotopic (exact) mass is 311 g/mol. The summed E-state index contributed by atoms with van der Waals surface area (Å²) in [6.07, 6.45) is 6.40. The van der Waals surface area contributed by atoms with Crippen LogP contribution in [0.1, 0.15) is 31.2 Å². The summed E-state index contributed by atoms with van der Waals surface area (Å²) in [5.74, 6) is 1.57. The van der Waals surface area contributed by atoms with E-state index in [0.29, 0.717) is 6.10 Å². The van der Waals surface area contributed by atoms with Crippen molar-refractivity contribution in [1.29, 1.82) is 0 Å². The SMILES string of the molecule is COc1ccc(-c2ccc(/C=N\O)cc2)cc1OC1CCCC1. The molecule has 0 aromatic heterocycles. The second-order valence-electron chi connectivity index (χ2n) is 5.76. The van der Waals surface area contributed by atoms with E-state index in [9.17, 15) is 0 Å². The third-order valence-corrected chi connectivity index (χ3v) is 4.21. The predicted molar refractivity (Wildman–Crippen MR) is 90.7 cm³/mol. The average molecular weight is 311 g/mol. The van der Waals surface area contributed by atoms with Gasteiger partial charge in [0, 0.05) is 0 Å². The van der Waals surface area contributed by atoms with Crippen molar-refractivity contribution in [2.75, 3.05) is 7.11 Å². The third kappa shape index (κ3) is 3.65. The van der Waals surface area contributed by atoms with Gasteiger partial charge in [0.2, 0.25) is 0 Å². The topological polar surface area (TPSA) is 51.0 Å². The number of hydrogen-bond acceptors (Lipinski definition) is 4. The molecule has 120 valence electrons. The smallest absolute Gasteiger partial charge is 0.162 e. The predicted octanol–water partition coefficient (Wildman–Crippen LogP) is 4.49. The fraction of sp³-hybridized carbons (Fsp3) is 0.316. The van der Waals surface area contributed by atoms with Crippen molar-refractivity contribution in [3.8, 4) is 22.6 Å². The maximum absolute atomic E-state index is 8.57. The summed E-state index contributed by atoms with van der Waals surface area (Å²) in [5.41, 5.74) is 3.01. The van der Waals surface area contributed by atoms with Crippen molar-refractivity contribution in [1.82, 2.24) is 0 Å². The van der Waals surface area contributed by atoms with E-state index in [2.05, 4.69) is 5.16 Å². The highest BCUT2D eigenvalue weighted by atomic mass is 16.5. The summed E-state index contributed by atoms with van der Waals surface area (Å²) in [5, 5.41) is 11.6. The van der Waals surface area contributed by atoms with E-state index in [0.717, 1.165) is 41.0 Å². The Morgan fingerprint density at radius 2 is 1.70 bits per heavy atom. The Kier molecular flexibility index (Phi) is 4.81. The Bertz CT molecular complexity index is 674. The maximum Gasteiger partial charge on any atom is 0.162 e. The van der Waals surface area contributed by atoms with Crippen molar-refractivity contribution in [3.63, 3.8) is 0 Å². The van der Waals surface area contributed by atoms with Gasteiger partial charge in [-0.1, -0.05) is 35.5 Å². The van der Waals surface area contributed by atoms with Crippen LogP contribution in [-0.2, 0) is 0 Å². The van der Waals surface area contributed by atoms with E-state index >= 15 is 0 Å². The van der Waals surface area contributed by atoms with Gasteiger partial charge in [-0.3, -0.25) is 0 Å². The molecule has 1 aliphatic carbocycles. The van der Waals surface area contributed by atoms with Crippen LogP contribution in [0.5, 0.6) is 11.5 Å². The molecule has 4 heteroatoms. The summed E-state index contributed by atoms with van der Waals surface area (Å²) in [6, 6.07) is 13.8. The van der Waals surface area contributed by atoms with Gasteiger partial charge in [-0.2, -0.15) is 0 Å². The summed E-state index contributed by atoms with van der Waals surface area (Å²) >= 11 is 0. The first-order valence-corrected chi connectivity index (χ1v) is 7.92. The van der Waals surface area contributed by atoms with Crippen molar-refractivity contribution in [2.24, 2.45) is 5.16 Å². The van der Waals surface area contributed by atoms with Gasteiger partial charge in [0.25, 0.3) is 0 Å². The zero-order valence-corrected chi connectivity index (χ0v) is 13.2. The number of hydrogen-bond donors (Lipinski definition) is 1. The number of methoxy groups -OCH3 is 1. The van der Waals surface area contributed by atoms with E-state index < -0.39 is 0 Å². The molecule has 4 nitrogen and oxygen atoms in total. The second kappa shape index (κ2) is 7.18. The van der Waals surface area contributed by atoms with Gasteiger partial charge in [-0.15, -0.1) is 0 Å². The minimum absolute atomic E-state index is 0.294. The number of benzene rings is 2. The lowest BCUT2D eigenvalue weighted by Crippen LogP contribution is -2.11. The molecule has 0 heterocycles. The van der Waals surface area contributed by atoms with E-state index in [-0.39, 0.29) is 0 Å². The molecule has 3 rings (SSSR count). The van der Waals surface area contributed by atoms with Gasteiger partial charge in [0.05, 0.1) is 19.4 Å². The molecule has 2 aromatic carbocycles. The molecule has 1 N–H and O–H groups in total. The molecule has 0 amide bonds. The molecule has 0 spiro atoms. The van der Waals surface area contributed by atoms with Gasteiger partial charge < -0.3 is 14.7 Å². The molecule has 1 aliphatic rings. The van der Waals surface area contributed by atoms with Crippen LogP contribution in [0.2, 0.25) is 0 Å². The zero-order valence-electron chi connectivity index (χ0n) is 13.2. The molecular formula is C19H21NO3. The molecule has 23 heavy (non-hydrogen) atoms. The molecule has 1 fully saturated rings. The minimum atomic E-state index is 0.294. The zero-order chi connectivity index (χ0) is 16.1. The highest BCUT2D eigenvalue weighted by Crippen LogP contribution is 2.35. The van der Waals surface area contributed by atoms with Crippen LogP contribution in [0.25, 0.3) is 11.1 Å². The van der Waals surface area contributed by atoms with Crippen LogP contribution < -0.4 is 9.47 Å². The molecule has 0 unspecified atom stereocenters. The number of oxime groups is 1. The summed E-state index contributed by atoms with van der Waals surface area (Å²) in [4.78, 5) is 0. The average Bonchev–Trinajstić information content (AvgIpc) is 3.09. The van der Waals surface area contributed by atoms with Crippen LogP contribution in [0.4, 0.5) is 0 Å². The van der Waals surface area contributed by atoms with Gasteiger partial charge in [-0.25, -0.2) is 0 Å². The maximum atomic E-state index is 8.57. The molecule has 0 bridgehead atoms. The van der Waals surface area contributed by atoms with Crippen molar-refractivity contribution in [3.05, 3.63) is 48.0 Å². The van der Waals surface area contributed by atoms with Gasteiger partial charge in [0.15, 0.2) is 11.5 Å². The summed E-state index contributed by atoms with van der Waals surface area (Å²) < 4.78 is 11.6. The van der Waals surface area contributed by atoms with Crippen LogP contribution in [0.3, 0.4) is 0 Å². The molecule has 2 aromatic rings. The van der Waals surface area contributed by atoms with Gasteiger partial charge in [0.1, 0.15) is 0 Å². The lowest BCUT2D eigenvalue weighted by atomic mass is 10.0. The highest BCUT2D eigenvalue weighted by molar-refractivity contribution is 5.80. The van der Waals surface area contributed by atoms with Crippen LogP contribution in [0, 0.1) is 0 Å². The van der Waals surface area contributed by atoms with Crippen LogP contribution in [-0.4, -0.2) is 24.6 Å². The fourth-order valence-electron chi connectivity index (χ4n) is 2.96. The lowest BCUT2D eigenvalue weighted by molar-refractivity contribution is 0.201. The minimum Gasteiger partial charge on any atom is -0.493 e. The van der Waals surface area contributed by atoms with Crippen molar-refractivity contribution >= 4 is 6.21 Å². The second-order valence-corrected chi connectivity index (χ2v) is 5.76. The van der Waals surface area contributed by atoms with Gasteiger partial charge >= 0.3 is 0 Å². The van der Waals surface area contributed by atoms with Crippen molar-refractivity contribution < 1.29 is 14.7 Å². The van der Waals surface area contributed by atoms with E-state index in [1.165, 1.54) is 19.1 Å². The summed E-state index contributed by atoms with van der Waals surface area (Å²) in [7, 11) is 1.67. The number of nitrogens with zero attached hydrogens (tertiary/aromatic N) is 1. The molecule has 0 atom stereocenters. The molecular weight excluding hydrogens is 290 g/mol.